The van der Waals surface area contributed by atoms with Crippen molar-refractivity contribution in [3.63, 3.8) is 0 Å². The van der Waals surface area contributed by atoms with Crippen molar-refractivity contribution in [2.45, 2.75) is 33.1 Å². The maximum atomic E-state index is 10.9. The summed E-state index contributed by atoms with van der Waals surface area (Å²) in [6.07, 6.45) is 0. The fourth-order valence-electron chi connectivity index (χ4n) is 1.36. The van der Waals surface area contributed by atoms with Gasteiger partial charge in [0.1, 0.15) is 5.75 Å². The second-order valence-electron chi connectivity index (χ2n) is 5.39. The maximum Gasteiger partial charge on any atom is 0.223 e. The minimum atomic E-state index is -0.336. The van der Waals surface area contributed by atoms with E-state index in [1.54, 1.807) is 6.92 Å². The monoisotopic (exact) mass is 235 g/mol. The summed E-state index contributed by atoms with van der Waals surface area (Å²) in [7, 11) is 0. The summed E-state index contributed by atoms with van der Waals surface area (Å²) in [5.74, 6) is 0.177. The van der Waals surface area contributed by atoms with Gasteiger partial charge in [0.05, 0.1) is 12.5 Å². The van der Waals surface area contributed by atoms with Crippen LogP contribution < -0.4 is 10.5 Å². The van der Waals surface area contributed by atoms with Gasteiger partial charge in [-0.15, -0.1) is 0 Å². The number of rotatable bonds is 4. The molecule has 0 aliphatic carbocycles. The van der Waals surface area contributed by atoms with Crippen molar-refractivity contribution in [1.82, 2.24) is 0 Å². The van der Waals surface area contributed by atoms with Crippen LogP contribution in [0.4, 0.5) is 0 Å². The zero-order valence-corrected chi connectivity index (χ0v) is 11.0. The lowest BCUT2D eigenvalue weighted by molar-refractivity contribution is -0.122. The van der Waals surface area contributed by atoms with Crippen LogP contribution in [-0.2, 0) is 10.2 Å². The van der Waals surface area contributed by atoms with Gasteiger partial charge in [0, 0.05) is 0 Å². The molecule has 94 valence electrons. The summed E-state index contributed by atoms with van der Waals surface area (Å²) in [5.41, 5.74) is 6.48. The molecule has 1 unspecified atom stereocenters. The van der Waals surface area contributed by atoms with E-state index in [9.17, 15) is 4.79 Å². The Balaban J connectivity index is 2.70. The highest BCUT2D eigenvalue weighted by Crippen LogP contribution is 2.25. The molecule has 0 radical (unpaired) electrons. The van der Waals surface area contributed by atoms with Crippen molar-refractivity contribution in [3.8, 4) is 5.75 Å². The summed E-state index contributed by atoms with van der Waals surface area (Å²) in [6.45, 7) is 8.54. The minimum absolute atomic E-state index is 0.0919. The van der Waals surface area contributed by atoms with E-state index in [1.165, 1.54) is 5.56 Å². The Morgan fingerprint density at radius 3 is 2.59 bits per heavy atom. The van der Waals surface area contributed by atoms with Gasteiger partial charge in [-0.1, -0.05) is 39.8 Å². The van der Waals surface area contributed by atoms with Crippen molar-refractivity contribution in [1.29, 1.82) is 0 Å². The van der Waals surface area contributed by atoms with Gasteiger partial charge in [-0.25, -0.2) is 0 Å². The van der Waals surface area contributed by atoms with Crippen molar-refractivity contribution >= 4 is 5.91 Å². The minimum Gasteiger partial charge on any atom is -0.493 e. The van der Waals surface area contributed by atoms with Gasteiger partial charge < -0.3 is 10.5 Å². The molecule has 0 aliphatic heterocycles. The number of nitrogens with two attached hydrogens (primary N) is 1. The topological polar surface area (TPSA) is 52.3 Å². The molecule has 17 heavy (non-hydrogen) atoms. The Morgan fingerprint density at radius 1 is 1.41 bits per heavy atom. The van der Waals surface area contributed by atoms with Gasteiger partial charge in [-0.3, -0.25) is 4.79 Å². The third-order valence-corrected chi connectivity index (χ3v) is 2.69. The predicted octanol–water partition coefficient (Wildman–Crippen LogP) is 2.48. The second kappa shape index (κ2) is 5.21. The van der Waals surface area contributed by atoms with Crippen molar-refractivity contribution in [2.24, 2.45) is 11.7 Å². The van der Waals surface area contributed by atoms with Crippen LogP contribution >= 0.6 is 0 Å². The van der Waals surface area contributed by atoms with E-state index in [2.05, 4.69) is 26.8 Å². The molecule has 3 heteroatoms. The molecule has 0 heterocycles. The molecule has 2 N–H and O–H groups in total. The number of ether oxygens (including phenoxy) is 1. The Labute approximate surface area is 103 Å². The van der Waals surface area contributed by atoms with Gasteiger partial charge in [-0.2, -0.15) is 0 Å². The fourth-order valence-corrected chi connectivity index (χ4v) is 1.36. The average molecular weight is 235 g/mol. The largest absolute Gasteiger partial charge is 0.493 e. The summed E-state index contributed by atoms with van der Waals surface area (Å²) in [5, 5.41) is 0. The maximum absolute atomic E-state index is 10.9. The third kappa shape index (κ3) is 4.10. The van der Waals surface area contributed by atoms with Crippen molar-refractivity contribution < 1.29 is 9.53 Å². The van der Waals surface area contributed by atoms with Crippen LogP contribution in [0.25, 0.3) is 0 Å². The molecule has 0 saturated carbocycles. The first-order valence-electron chi connectivity index (χ1n) is 5.83. The molecule has 1 amide bonds. The van der Waals surface area contributed by atoms with E-state index in [0.717, 1.165) is 5.75 Å². The van der Waals surface area contributed by atoms with E-state index in [0.29, 0.717) is 6.61 Å². The number of carbonyl (C=O) groups is 1. The zero-order chi connectivity index (χ0) is 13.1. The standard InChI is InChI=1S/C14H21NO2/c1-10(13(15)16)9-17-12-7-5-6-11(8-12)14(2,3)4/h5-8,10H,9H2,1-4H3,(H2,15,16). The lowest BCUT2D eigenvalue weighted by Gasteiger charge is -2.20. The van der Waals surface area contributed by atoms with E-state index >= 15 is 0 Å². The van der Waals surface area contributed by atoms with E-state index in [4.69, 9.17) is 10.5 Å². The average Bonchev–Trinajstić information content (AvgIpc) is 2.25. The third-order valence-electron chi connectivity index (χ3n) is 2.69. The quantitative estimate of drug-likeness (QED) is 0.871. The van der Waals surface area contributed by atoms with Crippen LogP contribution in [0.5, 0.6) is 5.75 Å². The van der Waals surface area contributed by atoms with Crippen LogP contribution in [0.3, 0.4) is 0 Å². The van der Waals surface area contributed by atoms with Gasteiger partial charge in [0.15, 0.2) is 0 Å². The molecule has 0 aliphatic rings. The first-order valence-corrected chi connectivity index (χ1v) is 5.83. The van der Waals surface area contributed by atoms with Gasteiger partial charge in [0.2, 0.25) is 5.91 Å². The Morgan fingerprint density at radius 2 is 2.06 bits per heavy atom. The first kappa shape index (κ1) is 13.6. The molecule has 3 nitrogen and oxygen atoms in total. The number of amides is 1. The van der Waals surface area contributed by atoms with Crippen LogP contribution in [0.1, 0.15) is 33.3 Å². The molecule has 0 bridgehead atoms. The molecule has 1 aromatic rings. The molecule has 0 saturated heterocycles. The molecular formula is C14H21NO2. The van der Waals surface area contributed by atoms with E-state index < -0.39 is 0 Å². The van der Waals surface area contributed by atoms with Crippen molar-refractivity contribution in [3.05, 3.63) is 29.8 Å². The predicted molar refractivity (Wildman–Crippen MR) is 69.0 cm³/mol. The number of benzene rings is 1. The summed E-state index contributed by atoms with van der Waals surface area (Å²) >= 11 is 0. The summed E-state index contributed by atoms with van der Waals surface area (Å²) in [6, 6.07) is 7.94. The molecule has 0 fully saturated rings. The molecule has 0 spiro atoms. The van der Waals surface area contributed by atoms with Crippen LogP contribution in [-0.4, -0.2) is 12.5 Å². The second-order valence-corrected chi connectivity index (χ2v) is 5.39. The Hall–Kier alpha value is -1.51. The molecular weight excluding hydrogens is 214 g/mol. The smallest absolute Gasteiger partial charge is 0.223 e. The molecule has 1 atom stereocenters. The number of primary amides is 1. The number of carbonyl (C=O) groups excluding carboxylic acids is 1. The highest BCUT2D eigenvalue weighted by Gasteiger charge is 2.14. The Kier molecular flexibility index (Phi) is 4.16. The lowest BCUT2D eigenvalue weighted by Crippen LogP contribution is -2.25. The van der Waals surface area contributed by atoms with Gasteiger partial charge in [0.25, 0.3) is 0 Å². The van der Waals surface area contributed by atoms with E-state index in [-0.39, 0.29) is 17.2 Å². The number of hydrogen-bond acceptors (Lipinski definition) is 2. The first-order chi connectivity index (χ1) is 7.80. The van der Waals surface area contributed by atoms with Crippen LogP contribution in [0.2, 0.25) is 0 Å². The highest BCUT2D eigenvalue weighted by molar-refractivity contribution is 5.76. The lowest BCUT2D eigenvalue weighted by atomic mass is 9.87. The summed E-state index contributed by atoms with van der Waals surface area (Å²) in [4.78, 5) is 10.9. The zero-order valence-electron chi connectivity index (χ0n) is 11.0. The van der Waals surface area contributed by atoms with E-state index in [1.807, 2.05) is 18.2 Å². The molecule has 1 rings (SSSR count). The SMILES string of the molecule is CC(COc1cccc(C(C)(C)C)c1)C(N)=O. The number of hydrogen-bond donors (Lipinski definition) is 1. The fraction of sp³-hybridized carbons (Fsp3) is 0.500. The molecule has 1 aromatic carbocycles. The van der Waals surface area contributed by atoms with Gasteiger partial charge >= 0.3 is 0 Å². The normalized spacial score (nSPS) is 13.2. The molecule has 0 aromatic heterocycles. The van der Waals surface area contributed by atoms with Gasteiger partial charge in [-0.05, 0) is 23.1 Å². The van der Waals surface area contributed by atoms with Crippen molar-refractivity contribution in [2.75, 3.05) is 6.61 Å². The van der Waals surface area contributed by atoms with Crippen LogP contribution in [0, 0.1) is 5.92 Å². The highest BCUT2D eigenvalue weighted by atomic mass is 16.5. The van der Waals surface area contributed by atoms with Crippen LogP contribution in [0.15, 0.2) is 24.3 Å². The Bertz CT molecular complexity index is 393. The summed E-state index contributed by atoms with van der Waals surface area (Å²) < 4.78 is 5.56.